The smallest absolute Gasteiger partial charge is 0.437 e. The van der Waals surface area contributed by atoms with Crippen molar-refractivity contribution in [3.05, 3.63) is 76.0 Å². The number of nitrogens with zero attached hydrogens (tertiary/aromatic N) is 3. The van der Waals surface area contributed by atoms with Gasteiger partial charge < -0.3 is 4.74 Å². The summed E-state index contributed by atoms with van der Waals surface area (Å²) in [5, 5.41) is 9.10. The first-order valence-electron chi connectivity index (χ1n) is 8.32. The van der Waals surface area contributed by atoms with E-state index in [9.17, 15) is 4.79 Å². The number of H-pyrrole nitrogens is 1. The molecule has 2 N–H and O–H groups in total. The molecule has 9 heteroatoms. The third-order valence-electron chi connectivity index (χ3n) is 3.90. The number of hydrogen-bond acceptors (Lipinski definition) is 7. The molecule has 2 aromatic heterocycles. The first kappa shape index (κ1) is 17.7. The Hall–Kier alpha value is -3.72. The SMILES string of the molecule is COc1ccc(-[n+]2[nH]oc(=O)c2-c2csc(N/N=C/c3ccccc3)n2)cc1. The first-order valence-corrected chi connectivity index (χ1v) is 9.20. The zero-order valence-electron chi connectivity index (χ0n) is 14.8. The van der Waals surface area contributed by atoms with Gasteiger partial charge in [-0.05, 0) is 27.6 Å². The largest absolute Gasteiger partial charge is 0.497 e. The molecular weight excluding hydrogens is 378 g/mol. The van der Waals surface area contributed by atoms with Crippen LogP contribution in [0.15, 0.2) is 74.4 Å². The third kappa shape index (κ3) is 3.69. The van der Waals surface area contributed by atoms with Gasteiger partial charge in [-0.2, -0.15) is 5.10 Å². The lowest BCUT2D eigenvalue weighted by atomic mass is 10.2. The number of nitrogens with one attached hydrogen (secondary N) is 2. The number of hydrazone groups is 1. The van der Waals surface area contributed by atoms with Crippen LogP contribution in [-0.2, 0) is 0 Å². The Labute approximate surface area is 163 Å². The average molecular weight is 394 g/mol. The van der Waals surface area contributed by atoms with Crippen LogP contribution in [0.1, 0.15) is 5.56 Å². The monoisotopic (exact) mass is 394 g/mol. The minimum atomic E-state index is -0.513. The molecule has 0 aliphatic heterocycles. The number of hydrogen-bond donors (Lipinski definition) is 2. The predicted octanol–water partition coefficient (Wildman–Crippen LogP) is 2.82. The van der Waals surface area contributed by atoms with Crippen LogP contribution in [0.4, 0.5) is 5.13 Å². The molecule has 0 fully saturated rings. The highest BCUT2D eigenvalue weighted by molar-refractivity contribution is 7.14. The number of aromatic amines is 1. The highest BCUT2D eigenvalue weighted by Gasteiger charge is 2.27. The second-order valence-electron chi connectivity index (χ2n) is 5.68. The molecule has 0 saturated carbocycles. The highest BCUT2D eigenvalue weighted by atomic mass is 32.1. The van der Waals surface area contributed by atoms with E-state index in [1.807, 2.05) is 42.5 Å². The van der Waals surface area contributed by atoms with E-state index >= 15 is 0 Å². The van der Waals surface area contributed by atoms with Gasteiger partial charge in [0, 0.05) is 17.5 Å². The molecule has 2 aromatic carbocycles. The van der Waals surface area contributed by atoms with Crippen molar-refractivity contribution < 1.29 is 13.9 Å². The second kappa shape index (κ2) is 7.89. The lowest BCUT2D eigenvalue weighted by Crippen LogP contribution is -2.36. The number of thiazole rings is 1. The van der Waals surface area contributed by atoms with E-state index in [1.165, 1.54) is 16.0 Å². The maximum Gasteiger partial charge on any atom is 0.437 e. The summed E-state index contributed by atoms with van der Waals surface area (Å²) in [6.07, 6.45) is 1.70. The Kier molecular flexibility index (Phi) is 4.98. The Morgan fingerprint density at radius 2 is 2.00 bits per heavy atom. The molecule has 4 rings (SSSR count). The van der Waals surface area contributed by atoms with Crippen molar-refractivity contribution in [2.45, 2.75) is 0 Å². The maximum atomic E-state index is 12.2. The summed E-state index contributed by atoms with van der Waals surface area (Å²) in [4.78, 5) is 16.6. The Morgan fingerprint density at radius 1 is 1.21 bits per heavy atom. The van der Waals surface area contributed by atoms with E-state index in [0.29, 0.717) is 28.0 Å². The fourth-order valence-corrected chi connectivity index (χ4v) is 3.18. The van der Waals surface area contributed by atoms with Crippen molar-refractivity contribution in [2.24, 2.45) is 5.10 Å². The first-order chi connectivity index (χ1) is 13.7. The maximum absolute atomic E-state index is 12.2. The summed E-state index contributed by atoms with van der Waals surface area (Å²) in [6.45, 7) is 0. The molecule has 0 bridgehead atoms. The number of methoxy groups -OCH3 is 1. The van der Waals surface area contributed by atoms with E-state index < -0.39 is 5.63 Å². The molecule has 0 radical (unpaired) electrons. The van der Waals surface area contributed by atoms with Crippen LogP contribution in [0.5, 0.6) is 5.75 Å². The van der Waals surface area contributed by atoms with Gasteiger partial charge in [0.1, 0.15) is 5.75 Å². The quantitative estimate of drug-likeness (QED) is 0.298. The van der Waals surface area contributed by atoms with Crippen molar-refractivity contribution in [2.75, 3.05) is 12.5 Å². The van der Waals surface area contributed by atoms with E-state index in [2.05, 4.69) is 20.8 Å². The topological polar surface area (TPSA) is 96.4 Å². The second-order valence-corrected chi connectivity index (χ2v) is 6.54. The molecule has 0 aliphatic rings. The number of rotatable bonds is 6. The van der Waals surface area contributed by atoms with Crippen LogP contribution >= 0.6 is 11.3 Å². The summed E-state index contributed by atoms with van der Waals surface area (Å²) >= 11 is 1.34. The van der Waals surface area contributed by atoms with E-state index in [1.54, 1.807) is 30.8 Å². The molecule has 0 spiro atoms. The van der Waals surface area contributed by atoms with Gasteiger partial charge >= 0.3 is 11.3 Å². The molecule has 8 nitrogen and oxygen atoms in total. The Morgan fingerprint density at radius 3 is 2.75 bits per heavy atom. The van der Waals surface area contributed by atoms with Crippen molar-refractivity contribution in [3.8, 4) is 22.8 Å². The van der Waals surface area contributed by atoms with Crippen molar-refractivity contribution in [1.29, 1.82) is 0 Å². The lowest BCUT2D eigenvalue weighted by Gasteiger charge is -1.97. The van der Waals surface area contributed by atoms with Crippen LogP contribution in [-0.4, -0.2) is 23.6 Å². The van der Waals surface area contributed by atoms with Gasteiger partial charge in [0.25, 0.3) is 0 Å². The number of benzene rings is 2. The molecule has 0 aliphatic carbocycles. The summed E-state index contributed by atoms with van der Waals surface area (Å²) in [5.74, 6) is 0.716. The number of anilines is 1. The third-order valence-corrected chi connectivity index (χ3v) is 4.64. The summed E-state index contributed by atoms with van der Waals surface area (Å²) in [5.41, 5.74) is 4.82. The molecule has 28 heavy (non-hydrogen) atoms. The highest BCUT2D eigenvalue weighted by Crippen LogP contribution is 2.22. The zero-order valence-corrected chi connectivity index (χ0v) is 15.6. The summed E-state index contributed by atoms with van der Waals surface area (Å²) in [7, 11) is 1.59. The van der Waals surface area contributed by atoms with Crippen LogP contribution in [0.2, 0.25) is 0 Å². The number of aromatic nitrogens is 3. The fraction of sp³-hybridized carbons (Fsp3) is 0.0526. The minimum absolute atomic E-state index is 0.293. The van der Waals surface area contributed by atoms with Crippen molar-refractivity contribution in [1.82, 2.24) is 10.3 Å². The van der Waals surface area contributed by atoms with Gasteiger partial charge in [0.15, 0.2) is 5.69 Å². The Bertz CT molecular complexity index is 1150. The molecule has 140 valence electrons. The van der Waals surface area contributed by atoms with Crippen LogP contribution in [0.25, 0.3) is 17.1 Å². The van der Waals surface area contributed by atoms with Gasteiger partial charge in [-0.25, -0.2) is 9.78 Å². The van der Waals surface area contributed by atoms with E-state index in [0.717, 1.165) is 5.56 Å². The van der Waals surface area contributed by atoms with Gasteiger partial charge in [-0.3, -0.25) is 9.95 Å². The van der Waals surface area contributed by atoms with Crippen LogP contribution < -0.4 is 20.5 Å². The fourth-order valence-electron chi connectivity index (χ4n) is 2.54. The van der Waals surface area contributed by atoms with Crippen molar-refractivity contribution in [3.63, 3.8) is 0 Å². The lowest BCUT2D eigenvalue weighted by molar-refractivity contribution is -0.660. The van der Waals surface area contributed by atoms with Crippen molar-refractivity contribution >= 4 is 22.7 Å². The van der Waals surface area contributed by atoms with Gasteiger partial charge in [0.2, 0.25) is 10.8 Å². The Balaban J connectivity index is 1.58. The summed E-state index contributed by atoms with van der Waals surface area (Å²) in [6, 6.07) is 16.9. The van der Waals surface area contributed by atoms with Gasteiger partial charge in [0.05, 0.1) is 13.3 Å². The molecule has 2 heterocycles. The van der Waals surface area contributed by atoms with Crippen LogP contribution in [0.3, 0.4) is 0 Å². The van der Waals surface area contributed by atoms with E-state index in [-0.39, 0.29) is 0 Å². The average Bonchev–Trinajstić information content (AvgIpc) is 3.35. The minimum Gasteiger partial charge on any atom is -0.497 e. The molecule has 0 unspecified atom stereocenters. The molecule has 0 saturated heterocycles. The van der Waals surface area contributed by atoms with Gasteiger partial charge in [-0.15, -0.1) is 11.3 Å². The normalized spacial score (nSPS) is 11.0. The number of ether oxygens (including phenoxy) is 1. The standard InChI is InChI=1S/C19H15N5O3S/c1-26-15-9-7-14(8-10-15)24-17(18(25)27-23-24)16-12-28-19(21-16)22-20-11-13-5-3-2-4-6-13/h2-12H,1H3,(H-,21,22,23,25)/p+1/b20-11+. The predicted molar refractivity (Wildman–Crippen MR) is 106 cm³/mol. The van der Waals surface area contributed by atoms with E-state index in [4.69, 9.17) is 9.26 Å². The molecular formula is C19H16N5O3S+. The zero-order chi connectivity index (χ0) is 19.3. The summed E-state index contributed by atoms with van der Waals surface area (Å²) < 4.78 is 11.7. The molecule has 0 amide bonds. The molecule has 4 aromatic rings. The van der Waals surface area contributed by atoms with Crippen LogP contribution in [0, 0.1) is 0 Å². The molecule has 0 atom stereocenters. The van der Waals surface area contributed by atoms with Gasteiger partial charge in [-0.1, -0.05) is 30.3 Å².